The molecule has 5 aromatic rings. The molecule has 12 heteroatoms. The van der Waals surface area contributed by atoms with Crippen molar-refractivity contribution in [2.75, 3.05) is 35.8 Å². The van der Waals surface area contributed by atoms with Crippen molar-refractivity contribution in [1.29, 1.82) is 0 Å². The number of ether oxygens (including phenoxy) is 1. The molecule has 2 N–H and O–H groups in total. The van der Waals surface area contributed by atoms with Gasteiger partial charge in [-0.2, -0.15) is 20.1 Å². The minimum absolute atomic E-state index is 0.0814. The SMILES string of the molecule is COc1ccc(Nc2nc(N/N=C/c3ccc(-c4ccc([N+](=O)[O-])c(C)c4C)o3)nc(N3CCC(Cc4ccccc4)CC3)n2)cc1. The molecule has 1 aliphatic rings. The Morgan fingerprint density at radius 1 is 0.957 bits per heavy atom. The van der Waals surface area contributed by atoms with E-state index in [0.717, 1.165) is 54.9 Å². The molecule has 47 heavy (non-hydrogen) atoms. The number of hydrazone groups is 1. The minimum atomic E-state index is -0.378. The fourth-order valence-corrected chi connectivity index (χ4v) is 5.69. The second kappa shape index (κ2) is 14.1. The van der Waals surface area contributed by atoms with Crippen LogP contribution in [-0.4, -0.2) is 46.3 Å². The Bertz CT molecular complexity index is 1870. The van der Waals surface area contributed by atoms with E-state index in [9.17, 15) is 10.1 Å². The smallest absolute Gasteiger partial charge is 0.272 e. The number of nitrogens with one attached hydrogen (secondary N) is 2. The van der Waals surface area contributed by atoms with Crippen LogP contribution in [0.15, 0.2) is 88.4 Å². The fraction of sp³-hybridized carbons (Fsp3) is 0.257. The maximum absolute atomic E-state index is 11.3. The number of piperidine rings is 1. The maximum Gasteiger partial charge on any atom is 0.272 e. The molecule has 0 radical (unpaired) electrons. The van der Waals surface area contributed by atoms with Gasteiger partial charge in [0.15, 0.2) is 0 Å². The van der Waals surface area contributed by atoms with Gasteiger partial charge in [-0.3, -0.25) is 10.1 Å². The van der Waals surface area contributed by atoms with Gasteiger partial charge in [-0.25, -0.2) is 5.43 Å². The zero-order valence-corrected chi connectivity index (χ0v) is 26.5. The predicted molar refractivity (Wildman–Crippen MR) is 183 cm³/mol. The second-order valence-electron chi connectivity index (χ2n) is 11.5. The van der Waals surface area contributed by atoms with E-state index in [1.54, 1.807) is 26.2 Å². The molecule has 0 saturated carbocycles. The highest BCUT2D eigenvalue weighted by atomic mass is 16.6. The summed E-state index contributed by atoms with van der Waals surface area (Å²) in [5.41, 5.74) is 7.35. The number of hydrogen-bond acceptors (Lipinski definition) is 11. The molecule has 2 aromatic heterocycles. The lowest BCUT2D eigenvalue weighted by Crippen LogP contribution is -2.35. The van der Waals surface area contributed by atoms with Crippen molar-refractivity contribution in [3.05, 3.63) is 111 Å². The summed E-state index contributed by atoms with van der Waals surface area (Å²) in [5.74, 6) is 3.67. The van der Waals surface area contributed by atoms with Crippen molar-refractivity contribution in [1.82, 2.24) is 15.0 Å². The van der Waals surface area contributed by atoms with Crippen LogP contribution in [0.5, 0.6) is 5.75 Å². The van der Waals surface area contributed by atoms with Crippen molar-refractivity contribution in [3.8, 4) is 17.1 Å². The summed E-state index contributed by atoms with van der Waals surface area (Å²) in [5, 5.41) is 18.9. The van der Waals surface area contributed by atoms with Crippen molar-refractivity contribution >= 4 is 35.4 Å². The van der Waals surface area contributed by atoms with E-state index < -0.39 is 0 Å². The minimum Gasteiger partial charge on any atom is -0.497 e. The summed E-state index contributed by atoms with van der Waals surface area (Å²) < 4.78 is 11.3. The standard InChI is InChI=1S/C35H36N8O4/c1-23-24(2)31(43(44)45)15-14-30(23)32-16-13-29(47-32)22-36-41-34-38-33(37-27-9-11-28(46-3)12-10-27)39-35(40-34)42-19-17-26(18-20-42)21-25-7-5-4-6-8-25/h4-16,22,26H,17-21H2,1-3H3,(H2,37,38,39,40,41)/b36-22+. The Labute approximate surface area is 272 Å². The monoisotopic (exact) mass is 632 g/mol. The highest BCUT2D eigenvalue weighted by Gasteiger charge is 2.23. The van der Waals surface area contributed by atoms with Gasteiger partial charge < -0.3 is 19.4 Å². The predicted octanol–water partition coefficient (Wildman–Crippen LogP) is 7.31. The molecule has 1 fully saturated rings. The zero-order valence-electron chi connectivity index (χ0n) is 26.5. The van der Waals surface area contributed by atoms with Crippen molar-refractivity contribution in [3.63, 3.8) is 0 Å². The molecule has 240 valence electrons. The van der Waals surface area contributed by atoms with Crippen LogP contribution in [0, 0.1) is 29.9 Å². The van der Waals surface area contributed by atoms with E-state index in [4.69, 9.17) is 19.1 Å². The first-order valence-corrected chi connectivity index (χ1v) is 15.5. The van der Waals surface area contributed by atoms with Gasteiger partial charge in [-0.05, 0) is 92.6 Å². The Balaban J connectivity index is 1.18. The Kier molecular flexibility index (Phi) is 9.37. The molecule has 3 heterocycles. The number of methoxy groups -OCH3 is 1. The van der Waals surface area contributed by atoms with Gasteiger partial charge in [0.1, 0.15) is 17.3 Å². The molecule has 0 atom stereocenters. The lowest BCUT2D eigenvalue weighted by molar-refractivity contribution is -0.385. The Morgan fingerprint density at radius 3 is 2.43 bits per heavy atom. The molecule has 12 nitrogen and oxygen atoms in total. The molecule has 0 amide bonds. The van der Waals surface area contributed by atoms with Gasteiger partial charge in [-0.15, -0.1) is 0 Å². The molecule has 1 saturated heterocycles. The number of aromatic nitrogens is 3. The number of anilines is 4. The van der Waals surface area contributed by atoms with E-state index in [1.165, 1.54) is 17.8 Å². The van der Waals surface area contributed by atoms with Crippen LogP contribution < -0.4 is 20.4 Å². The maximum atomic E-state index is 11.3. The van der Waals surface area contributed by atoms with E-state index >= 15 is 0 Å². The van der Waals surface area contributed by atoms with E-state index in [0.29, 0.717) is 34.9 Å². The molecular weight excluding hydrogens is 596 g/mol. The van der Waals surface area contributed by atoms with Crippen LogP contribution in [0.2, 0.25) is 0 Å². The summed E-state index contributed by atoms with van der Waals surface area (Å²) in [6.07, 6.45) is 4.68. The average molecular weight is 633 g/mol. The number of hydrogen-bond donors (Lipinski definition) is 2. The number of nitrogens with zero attached hydrogens (tertiary/aromatic N) is 6. The lowest BCUT2D eigenvalue weighted by Gasteiger charge is -2.32. The molecule has 0 bridgehead atoms. The van der Waals surface area contributed by atoms with E-state index in [-0.39, 0.29) is 16.6 Å². The summed E-state index contributed by atoms with van der Waals surface area (Å²) >= 11 is 0. The van der Waals surface area contributed by atoms with Crippen LogP contribution in [-0.2, 0) is 6.42 Å². The molecule has 0 spiro atoms. The van der Waals surface area contributed by atoms with Gasteiger partial charge in [0.05, 0.1) is 18.2 Å². The number of furan rings is 1. The van der Waals surface area contributed by atoms with Crippen LogP contribution in [0.1, 0.15) is 35.3 Å². The van der Waals surface area contributed by atoms with Gasteiger partial charge >= 0.3 is 0 Å². The van der Waals surface area contributed by atoms with Gasteiger partial charge in [0.25, 0.3) is 5.69 Å². The largest absolute Gasteiger partial charge is 0.497 e. The number of rotatable bonds is 11. The van der Waals surface area contributed by atoms with Crippen LogP contribution in [0.25, 0.3) is 11.3 Å². The number of benzene rings is 3. The Morgan fingerprint density at radius 2 is 1.70 bits per heavy atom. The van der Waals surface area contributed by atoms with Gasteiger partial charge in [0.2, 0.25) is 17.8 Å². The van der Waals surface area contributed by atoms with Crippen LogP contribution in [0.4, 0.5) is 29.2 Å². The second-order valence-corrected chi connectivity index (χ2v) is 11.5. The third-order valence-corrected chi connectivity index (χ3v) is 8.44. The summed E-state index contributed by atoms with van der Waals surface area (Å²) in [7, 11) is 1.63. The average Bonchev–Trinajstić information content (AvgIpc) is 3.55. The quantitative estimate of drug-likeness (QED) is 0.0864. The van der Waals surface area contributed by atoms with E-state index in [1.807, 2.05) is 37.3 Å². The molecule has 0 unspecified atom stereocenters. The fourth-order valence-electron chi connectivity index (χ4n) is 5.69. The zero-order chi connectivity index (χ0) is 32.8. The molecular formula is C35H36N8O4. The topological polar surface area (TPSA) is 144 Å². The highest BCUT2D eigenvalue weighted by Crippen LogP contribution is 2.32. The number of nitro groups is 1. The molecule has 0 aliphatic carbocycles. The molecule has 6 rings (SSSR count). The summed E-state index contributed by atoms with van der Waals surface area (Å²) in [6.45, 7) is 5.25. The third kappa shape index (κ3) is 7.55. The summed E-state index contributed by atoms with van der Waals surface area (Å²) in [4.78, 5) is 27.1. The molecule has 3 aromatic carbocycles. The Hall–Kier alpha value is -5.78. The van der Waals surface area contributed by atoms with E-state index in [2.05, 4.69) is 56.1 Å². The lowest BCUT2D eigenvalue weighted by atomic mass is 9.90. The van der Waals surface area contributed by atoms with Crippen molar-refractivity contribution in [2.24, 2.45) is 11.0 Å². The van der Waals surface area contributed by atoms with Crippen molar-refractivity contribution < 1.29 is 14.1 Å². The molecule has 1 aliphatic heterocycles. The summed E-state index contributed by atoms with van der Waals surface area (Å²) in [6, 6.07) is 24.9. The van der Waals surface area contributed by atoms with Gasteiger partial charge in [0, 0.05) is 36.0 Å². The normalized spacial score (nSPS) is 13.6. The third-order valence-electron chi connectivity index (χ3n) is 8.44. The highest BCUT2D eigenvalue weighted by molar-refractivity contribution is 5.78. The number of nitro benzene ring substituents is 1. The van der Waals surface area contributed by atoms with Crippen LogP contribution in [0.3, 0.4) is 0 Å². The first kappa shape index (κ1) is 31.2. The first-order valence-electron chi connectivity index (χ1n) is 15.5. The van der Waals surface area contributed by atoms with Crippen molar-refractivity contribution in [2.45, 2.75) is 33.1 Å². The van der Waals surface area contributed by atoms with Crippen LogP contribution >= 0.6 is 0 Å². The van der Waals surface area contributed by atoms with Gasteiger partial charge in [-0.1, -0.05) is 30.3 Å². The first-order chi connectivity index (χ1) is 22.9.